The number of nitrogens with zero attached hydrogens (tertiary/aromatic N) is 1. The average molecular weight is 303 g/mol. The first-order valence-electron chi connectivity index (χ1n) is 8.16. The average Bonchev–Trinajstić information content (AvgIpc) is 2.69. The van der Waals surface area contributed by atoms with Gasteiger partial charge in [0, 0.05) is 12.6 Å². The van der Waals surface area contributed by atoms with E-state index in [1.165, 1.54) is 0 Å². The molecule has 0 aromatic heterocycles. The summed E-state index contributed by atoms with van der Waals surface area (Å²) < 4.78 is 5.90. The van der Waals surface area contributed by atoms with Gasteiger partial charge in [-0.3, -0.25) is 0 Å². The topological polar surface area (TPSA) is 32.7 Å². The van der Waals surface area contributed by atoms with Gasteiger partial charge in [-0.2, -0.15) is 0 Å². The molecule has 1 aliphatic heterocycles. The molecule has 3 nitrogen and oxygen atoms in total. The van der Waals surface area contributed by atoms with Crippen molar-refractivity contribution in [3.8, 4) is 17.6 Å². The third-order valence-electron chi connectivity index (χ3n) is 3.22. The van der Waals surface area contributed by atoms with Crippen LogP contribution in [0.4, 0.5) is 5.69 Å². The van der Waals surface area contributed by atoms with Gasteiger partial charge in [-0.25, -0.2) is 0 Å². The van der Waals surface area contributed by atoms with E-state index in [0.717, 1.165) is 30.0 Å². The summed E-state index contributed by atoms with van der Waals surface area (Å²) in [5.41, 5.74) is 0.947. The van der Waals surface area contributed by atoms with Crippen LogP contribution < -0.4 is 9.64 Å². The minimum absolute atomic E-state index is 0.424. The Morgan fingerprint density at radius 2 is 1.95 bits per heavy atom. The fraction of sp³-hybridized carbons (Fsp3) is 0.579. The summed E-state index contributed by atoms with van der Waals surface area (Å²) in [5.74, 6) is 6.75. The Hall–Kier alpha value is -1.66. The van der Waals surface area contributed by atoms with E-state index in [9.17, 15) is 5.11 Å². The molecule has 0 radical (unpaired) electrons. The predicted molar refractivity (Wildman–Crippen MR) is 93.6 cm³/mol. The zero-order valence-corrected chi connectivity index (χ0v) is 14.7. The van der Waals surface area contributed by atoms with Gasteiger partial charge in [-0.15, -0.1) is 0 Å². The van der Waals surface area contributed by atoms with Gasteiger partial charge < -0.3 is 14.7 Å². The molecule has 1 aliphatic rings. The minimum atomic E-state index is -0.995. The number of benzene rings is 1. The number of para-hydroxylation sites is 1. The van der Waals surface area contributed by atoms with Crippen molar-refractivity contribution in [1.29, 1.82) is 0 Å². The van der Waals surface area contributed by atoms with Crippen LogP contribution in [-0.4, -0.2) is 29.9 Å². The molecule has 1 heterocycles. The number of aliphatic hydroxyl groups is 1. The number of ether oxygens (including phenoxy) is 1. The van der Waals surface area contributed by atoms with Crippen molar-refractivity contribution >= 4 is 5.69 Å². The molecular weight excluding hydrogens is 274 g/mol. The lowest BCUT2D eigenvalue weighted by molar-refractivity contribution is 0.143. The van der Waals surface area contributed by atoms with E-state index in [0.29, 0.717) is 12.6 Å². The van der Waals surface area contributed by atoms with Crippen LogP contribution in [0.2, 0.25) is 0 Å². The Kier molecular flexibility index (Phi) is 6.77. The van der Waals surface area contributed by atoms with Crippen LogP contribution in [0.5, 0.6) is 5.75 Å². The smallest absolute Gasteiger partial charge is 0.158 e. The van der Waals surface area contributed by atoms with Crippen molar-refractivity contribution in [2.24, 2.45) is 0 Å². The maximum absolute atomic E-state index is 9.75. The normalized spacial score (nSPS) is 13.9. The minimum Gasteiger partial charge on any atom is -0.490 e. The van der Waals surface area contributed by atoms with E-state index >= 15 is 0 Å². The summed E-state index contributed by atoms with van der Waals surface area (Å²) in [6.07, 6.45) is 1.01. The van der Waals surface area contributed by atoms with Gasteiger partial charge in [0.2, 0.25) is 0 Å². The Balaban J connectivity index is 0.00000116. The molecule has 0 unspecified atom stereocenters. The van der Waals surface area contributed by atoms with E-state index in [-0.39, 0.29) is 0 Å². The summed E-state index contributed by atoms with van der Waals surface area (Å²) in [6, 6.07) is 6.45. The highest BCUT2D eigenvalue weighted by molar-refractivity contribution is 5.66. The molecule has 0 atom stereocenters. The predicted octanol–water partition coefficient (Wildman–Crippen LogP) is 3.83. The van der Waals surface area contributed by atoms with Gasteiger partial charge in [-0.1, -0.05) is 31.8 Å². The van der Waals surface area contributed by atoms with E-state index in [1.54, 1.807) is 13.8 Å². The summed E-state index contributed by atoms with van der Waals surface area (Å²) >= 11 is 0. The maximum Gasteiger partial charge on any atom is 0.158 e. The van der Waals surface area contributed by atoms with Crippen molar-refractivity contribution in [2.45, 2.75) is 59.6 Å². The Morgan fingerprint density at radius 1 is 1.27 bits per heavy atom. The van der Waals surface area contributed by atoms with Gasteiger partial charge in [0.1, 0.15) is 5.60 Å². The molecule has 0 fully saturated rings. The van der Waals surface area contributed by atoms with Crippen LogP contribution in [0, 0.1) is 11.8 Å². The maximum atomic E-state index is 9.75. The van der Waals surface area contributed by atoms with Gasteiger partial charge in [0.25, 0.3) is 0 Å². The van der Waals surface area contributed by atoms with Gasteiger partial charge in [0.05, 0.1) is 17.9 Å². The molecule has 1 aromatic carbocycles. The Morgan fingerprint density at radius 3 is 2.55 bits per heavy atom. The van der Waals surface area contributed by atoms with Gasteiger partial charge in [0.15, 0.2) is 5.75 Å². The SMILES string of the molecule is CC.CC(C)N1CCCOc2c(C#CC(C)(C)O)cccc21. The van der Waals surface area contributed by atoms with Gasteiger partial charge >= 0.3 is 0 Å². The largest absolute Gasteiger partial charge is 0.490 e. The first-order valence-corrected chi connectivity index (χ1v) is 8.16. The number of hydrogen-bond donors (Lipinski definition) is 1. The molecule has 0 spiro atoms. The zero-order chi connectivity index (χ0) is 16.8. The van der Waals surface area contributed by atoms with Crippen molar-refractivity contribution in [3.63, 3.8) is 0 Å². The molecule has 0 saturated carbocycles. The van der Waals surface area contributed by atoms with E-state index in [1.807, 2.05) is 26.0 Å². The fourth-order valence-corrected chi connectivity index (χ4v) is 2.29. The highest BCUT2D eigenvalue weighted by Crippen LogP contribution is 2.35. The molecule has 22 heavy (non-hydrogen) atoms. The highest BCUT2D eigenvalue weighted by atomic mass is 16.5. The van der Waals surface area contributed by atoms with Crippen molar-refractivity contribution in [1.82, 2.24) is 0 Å². The lowest BCUT2D eigenvalue weighted by atomic mass is 10.1. The number of anilines is 1. The van der Waals surface area contributed by atoms with E-state index in [4.69, 9.17) is 4.74 Å². The Bertz CT molecular complexity index is 533. The van der Waals surface area contributed by atoms with Crippen LogP contribution in [-0.2, 0) is 0 Å². The van der Waals surface area contributed by atoms with Gasteiger partial charge in [-0.05, 0) is 46.2 Å². The lowest BCUT2D eigenvalue weighted by Crippen LogP contribution is -2.31. The quantitative estimate of drug-likeness (QED) is 0.800. The molecule has 0 amide bonds. The van der Waals surface area contributed by atoms with Crippen LogP contribution in [0.15, 0.2) is 18.2 Å². The van der Waals surface area contributed by atoms with Crippen molar-refractivity contribution < 1.29 is 9.84 Å². The third-order valence-corrected chi connectivity index (χ3v) is 3.22. The molecule has 0 bridgehead atoms. The fourth-order valence-electron chi connectivity index (χ4n) is 2.29. The number of fused-ring (bicyclic) bond motifs is 1. The van der Waals surface area contributed by atoms with E-state index in [2.05, 4.69) is 36.7 Å². The number of rotatable bonds is 1. The summed E-state index contributed by atoms with van der Waals surface area (Å²) in [6.45, 7) is 13.4. The van der Waals surface area contributed by atoms with Crippen LogP contribution in [0.25, 0.3) is 0 Å². The molecule has 1 N–H and O–H groups in total. The van der Waals surface area contributed by atoms with E-state index < -0.39 is 5.60 Å². The molecule has 0 aliphatic carbocycles. The zero-order valence-electron chi connectivity index (χ0n) is 14.7. The third kappa shape index (κ3) is 4.96. The first kappa shape index (κ1) is 18.4. The first-order chi connectivity index (χ1) is 10.4. The summed E-state index contributed by atoms with van der Waals surface area (Å²) in [7, 11) is 0. The monoisotopic (exact) mass is 303 g/mol. The molecule has 122 valence electrons. The van der Waals surface area contributed by atoms with Crippen LogP contribution >= 0.6 is 0 Å². The lowest BCUT2D eigenvalue weighted by Gasteiger charge is -2.28. The number of hydrogen-bond acceptors (Lipinski definition) is 3. The molecular formula is C19H29NO2. The second-order valence-corrected chi connectivity index (χ2v) is 5.95. The highest BCUT2D eigenvalue weighted by Gasteiger charge is 2.20. The second kappa shape index (κ2) is 8.10. The van der Waals surface area contributed by atoms with Crippen LogP contribution in [0.1, 0.15) is 53.5 Å². The molecule has 3 heteroatoms. The molecule has 0 saturated heterocycles. The van der Waals surface area contributed by atoms with Crippen molar-refractivity contribution in [2.75, 3.05) is 18.1 Å². The second-order valence-electron chi connectivity index (χ2n) is 5.95. The molecule has 2 rings (SSSR count). The standard InChI is InChI=1S/C17H23NO2.C2H6/c1-13(2)18-11-6-12-20-16-14(7-5-8-15(16)18)9-10-17(3,4)19;1-2/h5,7-8,13,19H,6,11-12H2,1-4H3;1-2H3. The molecule has 1 aromatic rings. The summed E-state index contributed by atoms with van der Waals surface area (Å²) in [5, 5.41) is 9.75. The summed E-state index contributed by atoms with van der Waals surface area (Å²) in [4.78, 5) is 2.34. The van der Waals surface area contributed by atoms with Crippen molar-refractivity contribution in [3.05, 3.63) is 23.8 Å². The Labute approximate surface area is 135 Å². The van der Waals surface area contributed by atoms with Crippen LogP contribution in [0.3, 0.4) is 0 Å².